The highest BCUT2D eigenvalue weighted by molar-refractivity contribution is 5.26. The predicted molar refractivity (Wildman–Crippen MR) is 62.8 cm³/mol. The molecule has 2 rings (SSSR count). The van der Waals surface area contributed by atoms with Crippen LogP contribution < -0.4 is 0 Å². The molecule has 76 valence electrons. The fraction of sp³-hybridized carbons (Fsp3) is 0.214. The van der Waals surface area contributed by atoms with Gasteiger partial charge in [-0.3, -0.25) is 4.98 Å². The van der Waals surface area contributed by atoms with E-state index in [0.717, 1.165) is 12.8 Å². The van der Waals surface area contributed by atoms with Crippen molar-refractivity contribution in [2.45, 2.75) is 19.8 Å². The summed E-state index contributed by atoms with van der Waals surface area (Å²) in [7, 11) is 0. The second-order valence-corrected chi connectivity index (χ2v) is 3.78. The zero-order chi connectivity index (χ0) is 10.5. The van der Waals surface area contributed by atoms with Gasteiger partial charge in [0.15, 0.2) is 0 Å². The monoisotopic (exact) mass is 197 g/mol. The van der Waals surface area contributed by atoms with Crippen LogP contribution in [-0.2, 0) is 12.8 Å². The van der Waals surface area contributed by atoms with Crippen LogP contribution >= 0.6 is 0 Å². The second kappa shape index (κ2) is 4.74. The maximum atomic E-state index is 4.02. The van der Waals surface area contributed by atoms with E-state index in [2.05, 4.69) is 48.3 Å². The Morgan fingerprint density at radius 1 is 0.933 bits per heavy atom. The smallest absolute Gasteiger partial charge is 0.0270 e. The lowest BCUT2D eigenvalue weighted by atomic mass is 10.0. The molecule has 0 bridgehead atoms. The van der Waals surface area contributed by atoms with Gasteiger partial charge in [-0.1, -0.05) is 24.3 Å². The fourth-order valence-corrected chi connectivity index (χ4v) is 1.72. The van der Waals surface area contributed by atoms with Gasteiger partial charge in [0.25, 0.3) is 0 Å². The van der Waals surface area contributed by atoms with Crippen molar-refractivity contribution in [3.63, 3.8) is 0 Å². The molecule has 0 atom stereocenters. The van der Waals surface area contributed by atoms with Gasteiger partial charge in [-0.2, -0.15) is 0 Å². The molecular formula is C14H15N. The molecule has 0 saturated heterocycles. The Labute approximate surface area is 90.8 Å². The molecular weight excluding hydrogens is 182 g/mol. The van der Waals surface area contributed by atoms with Crippen molar-refractivity contribution in [2.75, 3.05) is 0 Å². The normalized spacial score (nSPS) is 10.2. The first kappa shape index (κ1) is 9.91. The van der Waals surface area contributed by atoms with E-state index in [1.165, 1.54) is 16.7 Å². The number of aryl methyl sites for hydroxylation is 3. The summed E-state index contributed by atoms with van der Waals surface area (Å²) in [6, 6.07) is 12.7. The molecule has 0 aliphatic rings. The van der Waals surface area contributed by atoms with Crippen LogP contribution in [0.2, 0.25) is 0 Å². The molecule has 0 spiro atoms. The van der Waals surface area contributed by atoms with E-state index in [9.17, 15) is 0 Å². The largest absolute Gasteiger partial charge is 0.265 e. The molecule has 1 aromatic heterocycles. The molecule has 0 saturated carbocycles. The van der Waals surface area contributed by atoms with Crippen molar-refractivity contribution < 1.29 is 0 Å². The third-order valence-corrected chi connectivity index (χ3v) is 2.69. The lowest BCUT2D eigenvalue weighted by molar-refractivity contribution is 0.945. The molecule has 0 aliphatic heterocycles. The zero-order valence-corrected chi connectivity index (χ0v) is 8.98. The van der Waals surface area contributed by atoms with E-state index >= 15 is 0 Å². The lowest BCUT2D eigenvalue weighted by Crippen LogP contribution is -1.93. The van der Waals surface area contributed by atoms with Gasteiger partial charge in [-0.05, 0) is 48.6 Å². The Kier molecular flexibility index (Phi) is 3.13. The fourth-order valence-electron chi connectivity index (χ4n) is 1.72. The minimum absolute atomic E-state index is 1.09. The maximum absolute atomic E-state index is 4.02. The van der Waals surface area contributed by atoms with Crippen LogP contribution in [0.5, 0.6) is 0 Å². The molecule has 0 aliphatic carbocycles. The van der Waals surface area contributed by atoms with E-state index in [-0.39, 0.29) is 0 Å². The Bertz CT molecular complexity index is 420. The molecule has 0 N–H and O–H groups in total. The Hall–Kier alpha value is -1.63. The average molecular weight is 197 g/mol. The van der Waals surface area contributed by atoms with Crippen LogP contribution in [0.1, 0.15) is 16.7 Å². The minimum Gasteiger partial charge on any atom is -0.265 e. The summed E-state index contributed by atoms with van der Waals surface area (Å²) >= 11 is 0. The van der Waals surface area contributed by atoms with Gasteiger partial charge in [0.2, 0.25) is 0 Å². The second-order valence-electron chi connectivity index (χ2n) is 3.78. The molecule has 1 heteroatoms. The number of hydrogen-bond acceptors (Lipinski definition) is 1. The molecule has 2 aromatic rings. The number of pyridine rings is 1. The molecule has 1 heterocycles. The van der Waals surface area contributed by atoms with Gasteiger partial charge in [0.1, 0.15) is 0 Å². The number of nitrogens with zero attached hydrogens (tertiary/aromatic N) is 1. The summed E-state index contributed by atoms with van der Waals surface area (Å²) < 4.78 is 0. The van der Waals surface area contributed by atoms with Crippen molar-refractivity contribution >= 4 is 0 Å². The van der Waals surface area contributed by atoms with E-state index in [1.807, 2.05) is 12.4 Å². The Morgan fingerprint density at radius 2 is 1.67 bits per heavy atom. The highest BCUT2D eigenvalue weighted by atomic mass is 14.6. The first-order valence-corrected chi connectivity index (χ1v) is 5.29. The minimum atomic E-state index is 1.09. The van der Waals surface area contributed by atoms with Crippen LogP contribution in [-0.4, -0.2) is 4.98 Å². The van der Waals surface area contributed by atoms with Gasteiger partial charge < -0.3 is 0 Å². The summed E-state index contributed by atoms with van der Waals surface area (Å²) in [5, 5.41) is 0. The quantitative estimate of drug-likeness (QED) is 0.736. The Morgan fingerprint density at radius 3 is 2.40 bits per heavy atom. The van der Waals surface area contributed by atoms with Crippen molar-refractivity contribution in [2.24, 2.45) is 0 Å². The molecule has 0 amide bonds. The van der Waals surface area contributed by atoms with E-state index in [0.29, 0.717) is 0 Å². The highest BCUT2D eigenvalue weighted by Gasteiger charge is 1.97. The molecule has 0 fully saturated rings. The zero-order valence-electron chi connectivity index (χ0n) is 8.98. The predicted octanol–water partition coefficient (Wildman–Crippen LogP) is 3.18. The van der Waals surface area contributed by atoms with Crippen molar-refractivity contribution in [3.8, 4) is 0 Å². The third kappa shape index (κ3) is 2.66. The van der Waals surface area contributed by atoms with E-state index in [4.69, 9.17) is 0 Å². The summed E-state index contributed by atoms with van der Waals surface area (Å²) in [6.07, 6.45) is 5.91. The molecule has 1 aromatic carbocycles. The first-order chi connectivity index (χ1) is 7.36. The van der Waals surface area contributed by atoms with Crippen LogP contribution in [0.4, 0.5) is 0 Å². The number of rotatable bonds is 3. The molecule has 0 radical (unpaired) electrons. The van der Waals surface area contributed by atoms with Crippen LogP contribution in [0.15, 0.2) is 48.8 Å². The van der Waals surface area contributed by atoms with Crippen molar-refractivity contribution in [1.82, 2.24) is 4.98 Å². The van der Waals surface area contributed by atoms with Gasteiger partial charge in [0.05, 0.1) is 0 Å². The number of hydrogen-bond donors (Lipinski definition) is 0. The van der Waals surface area contributed by atoms with E-state index in [1.54, 1.807) is 0 Å². The Balaban J connectivity index is 2.03. The molecule has 1 nitrogen and oxygen atoms in total. The standard InChI is InChI=1S/C14H15N/c1-12-4-2-3-5-14(12)7-6-13-8-10-15-11-9-13/h2-5,8-11H,6-7H2,1H3. The summed E-state index contributed by atoms with van der Waals surface area (Å²) in [6.45, 7) is 2.17. The van der Waals surface area contributed by atoms with Gasteiger partial charge >= 0.3 is 0 Å². The lowest BCUT2D eigenvalue weighted by Gasteiger charge is -2.04. The molecule has 0 unspecified atom stereocenters. The summed E-state index contributed by atoms with van der Waals surface area (Å²) in [4.78, 5) is 4.02. The highest BCUT2D eigenvalue weighted by Crippen LogP contribution is 2.10. The SMILES string of the molecule is Cc1ccccc1CCc1ccncc1. The third-order valence-electron chi connectivity index (χ3n) is 2.69. The molecule has 15 heavy (non-hydrogen) atoms. The number of aromatic nitrogens is 1. The van der Waals surface area contributed by atoms with Gasteiger partial charge in [0, 0.05) is 12.4 Å². The van der Waals surface area contributed by atoms with Crippen LogP contribution in [0, 0.1) is 6.92 Å². The van der Waals surface area contributed by atoms with Crippen molar-refractivity contribution in [3.05, 3.63) is 65.5 Å². The van der Waals surface area contributed by atoms with Crippen LogP contribution in [0.3, 0.4) is 0 Å². The van der Waals surface area contributed by atoms with Gasteiger partial charge in [-0.15, -0.1) is 0 Å². The summed E-state index contributed by atoms with van der Waals surface area (Å²) in [5.41, 5.74) is 4.18. The van der Waals surface area contributed by atoms with Crippen molar-refractivity contribution in [1.29, 1.82) is 0 Å². The van der Waals surface area contributed by atoms with Crippen LogP contribution in [0.25, 0.3) is 0 Å². The first-order valence-electron chi connectivity index (χ1n) is 5.29. The topological polar surface area (TPSA) is 12.9 Å². The van der Waals surface area contributed by atoms with E-state index < -0.39 is 0 Å². The maximum Gasteiger partial charge on any atom is 0.0270 e. The average Bonchev–Trinajstić information content (AvgIpc) is 2.29. The van der Waals surface area contributed by atoms with Gasteiger partial charge in [-0.25, -0.2) is 0 Å². The number of benzene rings is 1. The summed E-state index contributed by atoms with van der Waals surface area (Å²) in [5.74, 6) is 0.